The first-order valence-corrected chi connectivity index (χ1v) is 17.7. The third-order valence-corrected chi connectivity index (χ3v) is 10.3. The lowest BCUT2D eigenvalue weighted by molar-refractivity contribution is 0.584. The van der Waals surface area contributed by atoms with Gasteiger partial charge in [0.05, 0.1) is 17.1 Å². The molecule has 1 unspecified atom stereocenters. The summed E-state index contributed by atoms with van der Waals surface area (Å²) < 4.78 is 5.04. The number of hydrogen-bond acceptors (Lipinski definition) is 0. The van der Waals surface area contributed by atoms with Crippen LogP contribution in [0.25, 0.3) is 55.6 Å². The molecule has 2 heterocycles. The predicted octanol–water partition coefficient (Wildman–Crippen LogP) is 12.7. The van der Waals surface area contributed by atoms with Gasteiger partial charge in [-0.05, 0) is 102 Å². The van der Waals surface area contributed by atoms with Crippen LogP contribution in [-0.2, 0) is 11.8 Å². The molecule has 1 atom stereocenters. The van der Waals surface area contributed by atoms with Crippen molar-refractivity contribution in [1.82, 2.24) is 9.13 Å². The van der Waals surface area contributed by atoms with E-state index in [-0.39, 0.29) is 11.5 Å². The largest absolute Gasteiger partial charge is 0.337 e. The molecule has 0 saturated heterocycles. The van der Waals surface area contributed by atoms with Gasteiger partial charge in [-0.1, -0.05) is 124 Å². The van der Waals surface area contributed by atoms with Crippen molar-refractivity contribution in [2.45, 2.75) is 58.4 Å². The summed E-state index contributed by atoms with van der Waals surface area (Å²) in [7, 11) is 0. The highest BCUT2D eigenvalue weighted by Gasteiger charge is 2.27. The second-order valence-electron chi connectivity index (χ2n) is 14.4. The van der Waals surface area contributed by atoms with Crippen molar-refractivity contribution in [2.24, 2.45) is 0 Å². The number of hydrogen-bond donors (Lipinski definition) is 0. The topological polar surface area (TPSA) is 9.86 Å². The van der Waals surface area contributed by atoms with Gasteiger partial charge in [-0.25, -0.2) is 0 Å². The van der Waals surface area contributed by atoms with E-state index in [1.165, 1.54) is 77.5 Å². The molecular formula is C47H44N2. The van der Waals surface area contributed by atoms with E-state index in [0.29, 0.717) is 0 Å². The fourth-order valence-electron chi connectivity index (χ4n) is 8.10. The van der Waals surface area contributed by atoms with Crippen molar-refractivity contribution in [2.75, 3.05) is 0 Å². The Morgan fingerprint density at radius 3 is 2.39 bits per heavy atom. The SMILES string of the molecule is C=C/C=C(\C=C/C)c1cc2c3c(n(C4C=CC(c5ccc6c(c5)c5ccccc5n6-c5ccccc5)=CC4)c2cc1C(C)(C)C)CCC=C3. The minimum atomic E-state index is -0.0193. The Morgan fingerprint density at radius 1 is 0.837 bits per heavy atom. The third-order valence-electron chi connectivity index (χ3n) is 10.3. The smallest absolute Gasteiger partial charge is 0.0557 e. The molecule has 2 nitrogen and oxygen atoms in total. The van der Waals surface area contributed by atoms with E-state index < -0.39 is 0 Å². The van der Waals surface area contributed by atoms with Crippen molar-refractivity contribution < 1.29 is 0 Å². The average molecular weight is 637 g/mol. The van der Waals surface area contributed by atoms with E-state index in [2.05, 4.69) is 177 Å². The summed E-state index contributed by atoms with van der Waals surface area (Å²) >= 11 is 0. The number of allylic oxidation sites excluding steroid dienone is 10. The molecule has 242 valence electrons. The standard InChI is InChI=1S/C47H44N2/c1-6-15-33(16-7-2)39-30-41-38-20-12-14-22-44(38)49(46(41)31-42(39)47(3,4)5)36-26-23-32(24-27-36)34-25-28-45-40(29-34)37-19-11-13-21-43(37)48(45)35-17-9-8-10-18-35/h6-13,15-21,23-26,28-31,36H,1,14,22,27H2,2-5H3/b16-7-,33-15+. The minimum Gasteiger partial charge on any atom is -0.337 e. The maximum atomic E-state index is 4.03. The molecular weight excluding hydrogens is 593 g/mol. The summed E-state index contributed by atoms with van der Waals surface area (Å²) in [5.41, 5.74) is 14.3. The van der Waals surface area contributed by atoms with Crippen molar-refractivity contribution in [1.29, 1.82) is 0 Å². The second kappa shape index (κ2) is 12.3. The quantitative estimate of drug-likeness (QED) is 0.161. The van der Waals surface area contributed by atoms with Gasteiger partial charge in [0.25, 0.3) is 0 Å². The van der Waals surface area contributed by atoms with E-state index in [1.54, 1.807) is 0 Å². The Kier molecular flexibility index (Phi) is 7.76. The number of rotatable bonds is 6. The molecule has 0 amide bonds. The molecule has 49 heavy (non-hydrogen) atoms. The highest BCUT2D eigenvalue weighted by atomic mass is 15.0. The first-order valence-electron chi connectivity index (χ1n) is 17.7. The lowest BCUT2D eigenvalue weighted by atomic mass is 9.80. The van der Waals surface area contributed by atoms with Gasteiger partial charge in [0, 0.05) is 38.6 Å². The van der Waals surface area contributed by atoms with Crippen LogP contribution < -0.4 is 0 Å². The van der Waals surface area contributed by atoms with Gasteiger partial charge in [-0.15, -0.1) is 0 Å². The summed E-state index contributed by atoms with van der Waals surface area (Å²) in [6.45, 7) is 13.1. The van der Waals surface area contributed by atoms with Gasteiger partial charge in [-0.2, -0.15) is 0 Å². The normalized spacial score (nSPS) is 16.6. The van der Waals surface area contributed by atoms with Crippen LogP contribution in [0.2, 0.25) is 0 Å². The number of para-hydroxylation sites is 2. The fraction of sp³-hybridized carbons (Fsp3) is 0.191. The fourth-order valence-corrected chi connectivity index (χ4v) is 8.10. The average Bonchev–Trinajstić information content (AvgIpc) is 3.63. The zero-order valence-corrected chi connectivity index (χ0v) is 29.1. The van der Waals surface area contributed by atoms with E-state index in [1.807, 2.05) is 6.08 Å². The monoisotopic (exact) mass is 636 g/mol. The molecule has 2 aromatic heterocycles. The number of aromatic nitrogens is 2. The van der Waals surface area contributed by atoms with Crippen LogP contribution in [0.4, 0.5) is 0 Å². The van der Waals surface area contributed by atoms with Gasteiger partial charge in [-0.3, -0.25) is 0 Å². The maximum absolute atomic E-state index is 4.03. The molecule has 0 radical (unpaired) electrons. The highest BCUT2D eigenvalue weighted by molar-refractivity contribution is 6.10. The van der Waals surface area contributed by atoms with Crippen LogP contribution in [0.5, 0.6) is 0 Å². The first-order chi connectivity index (χ1) is 23.9. The van der Waals surface area contributed by atoms with Crippen molar-refractivity contribution >= 4 is 49.9 Å². The molecule has 2 heteroatoms. The lowest BCUT2D eigenvalue weighted by Crippen LogP contribution is -2.16. The number of benzene rings is 4. The van der Waals surface area contributed by atoms with Gasteiger partial charge in [0.15, 0.2) is 0 Å². The molecule has 2 aliphatic rings. The molecule has 4 aromatic carbocycles. The Labute approximate surface area is 290 Å². The molecule has 0 spiro atoms. The van der Waals surface area contributed by atoms with Gasteiger partial charge < -0.3 is 9.13 Å². The first kappa shape index (κ1) is 31.0. The van der Waals surface area contributed by atoms with E-state index >= 15 is 0 Å². The minimum absolute atomic E-state index is 0.0193. The number of fused-ring (bicyclic) bond motifs is 6. The van der Waals surface area contributed by atoms with E-state index in [4.69, 9.17) is 0 Å². The van der Waals surface area contributed by atoms with Crippen LogP contribution >= 0.6 is 0 Å². The summed E-state index contributed by atoms with van der Waals surface area (Å²) in [6, 6.07) is 31.7. The lowest BCUT2D eigenvalue weighted by Gasteiger charge is -2.26. The van der Waals surface area contributed by atoms with Crippen LogP contribution in [0.1, 0.15) is 74.5 Å². The summed E-state index contributed by atoms with van der Waals surface area (Å²) in [5, 5.41) is 3.92. The van der Waals surface area contributed by atoms with Gasteiger partial charge in [0.2, 0.25) is 0 Å². The maximum Gasteiger partial charge on any atom is 0.0557 e. The Balaban J connectivity index is 1.21. The molecule has 6 aromatic rings. The summed E-state index contributed by atoms with van der Waals surface area (Å²) in [6.07, 6.45) is 23.5. The van der Waals surface area contributed by atoms with Crippen LogP contribution in [0.3, 0.4) is 0 Å². The molecule has 0 bridgehead atoms. The molecule has 0 N–H and O–H groups in total. The van der Waals surface area contributed by atoms with E-state index in [0.717, 1.165) is 19.3 Å². The van der Waals surface area contributed by atoms with Crippen molar-refractivity contribution in [3.05, 3.63) is 168 Å². The third kappa shape index (κ3) is 5.27. The summed E-state index contributed by atoms with van der Waals surface area (Å²) in [4.78, 5) is 0. The summed E-state index contributed by atoms with van der Waals surface area (Å²) in [5.74, 6) is 0. The second-order valence-corrected chi connectivity index (χ2v) is 14.4. The molecule has 8 rings (SSSR count). The van der Waals surface area contributed by atoms with Crippen LogP contribution in [0, 0.1) is 0 Å². The number of nitrogens with zero attached hydrogens (tertiary/aromatic N) is 2. The van der Waals surface area contributed by atoms with Gasteiger partial charge in [0.1, 0.15) is 0 Å². The molecule has 0 saturated carbocycles. The Hall–Kier alpha value is -5.34. The Morgan fingerprint density at radius 2 is 1.63 bits per heavy atom. The van der Waals surface area contributed by atoms with Gasteiger partial charge >= 0.3 is 0 Å². The van der Waals surface area contributed by atoms with Crippen LogP contribution in [-0.4, -0.2) is 9.13 Å². The molecule has 0 fully saturated rings. The van der Waals surface area contributed by atoms with Crippen molar-refractivity contribution in [3.8, 4) is 5.69 Å². The van der Waals surface area contributed by atoms with Crippen LogP contribution in [0.15, 0.2) is 140 Å². The molecule has 2 aliphatic carbocycles. The predicted molar refractivity (Wildman–Crippen MR) is 213 cm³/mol. The van der Waals surface area contributed by atoms with Crippen molar-refractivity contribution in [3.63, 3.8) is 0 Å². The molecule has 0 aliphatic heterocycles. The Bertz CT molecular complexity index is 2410. The zero-order valence-electron chi connectivity index (χ0n) is 29.1. The highest BCUT2D eigenvalue weighted by Crippen LogP contribution is 2.42. The zero-order chi connectivity index (χ0) is 33.7. The van der Waals surface area contributed by atoms with E-state index in [9.17, 15) is 0 Å².